The molecule has 0 saturated carbocycles. The van der Waals surface area contributed by atoms with Gasteiger partial charge in [-0.05, 0) is 75.9 Å². The summed E-state index contributed by atoms with van der Waals surface area (Å²) in [6, 6.07) is 25.8. The molecule has 0 bridgehead atoms. The molecule has 4 aromatic rings. The van der Waals surface area contributed by atoms with Crippen LogP contribution < -0.4 is 0 Å². The van der Waals surface area contributed by atoms with Gasteiger partial charge >= 0.3 is 2.85 Å². The van der Waals surface area contributed by atoms with Crippen LogP contribution in [0, 0.1) is 12.1 Å². The van der Waals surface area contributed by atoms with Crippen molar-refractivity contribution in [2.75, 3.05) is 0 Å². The van der Waals surface area contributed by atoms with Crippen LogP contribution in [0.1, 0.15) is 126 Å². The van der Waals surface area contributed by atoms with Crippen LogP contribution in [0.3, 0.4) is 0 Å². The summed E-state index contributed by atoms with van der Waals surface area (Å²) in [4.78, 5) is 9.83. The van der Waals surface area contributed by atoms with Gasteiger partial charge in [-0.3, -0.25) is 0 Å². The predicted octanol–water partition coefficient (Wildman–Crippen LogP) is 10.5. The Morgan fingerprint density at radius 3 is 1.21 bits per heavy atom. The zero-order chi connectivity index (χ0) is 31.3. The highest BCUT2D eigenvalue weighted by molar-refractivity contribution is 5.86. The molecule has 2 N–H and O–H groups in total. The van der Waals surface area contributed by atoms with E-state index in [1.54, 1.807) is 48.8 Å². The Balaban J connectivity index is 0.00000353. The Bertz CT molecular complexity index is 1460. The molecule has 0 atom stereocenters. The van der Waals surface area contributed by atoms with Crippen molar-refractivity contribution in [2.24, 2.45) is 9.98 Å². The molecule has 0 amide bonds. The van der Waals surface area contributed by atoms with Gasteiger partial charge in [0.25, 0.3) is 0 Å². The van der Waals surface area contributed by atoms with Crippen LogP contribution in [0.2, 0.25) is 0 Å². The van der Waals surface area contributed by atoms with Crippen LogP contribution >= 0.6 is 0 Å². The number of rotatable bonds is 10. The largest absolute Gasteiger partial charge is 1.00 e. The fourth-order valence-electron chi connectivity index (χ4n) is 5.33. The van der Waals surface area contributed by atoms with E-state index in [1.807, 2.05) is 0 Å². The topological polar surface area (TPSA) is 65.2 Å². The Morgan fingerprint density at radius 1 is 0.605 bits per heavy atom. The third-order valence-electron chi connectivity index (χ3n) is 7.73. The van der Waals surface area contributed by atoms with Gasteiger partial charge in [0, 0.05) is 11.5 Å². The minimum Gasteiger partial charge on any atom is -0.552 e. The molecular weight excluding hydrogens is 528 g/mol. The van der Waals surface area contributed by atoms with Gasteiger partial charge in [-0.2, -0.15) is 0 Å². The van der Waals surface area contributed by atoms with Crippen molar-refractivity contribution in [1.82, 2.24) is 0 Å². The minimum absolute atomic E-state index is 0. The van der Waals surface area contributed by atoms with Gasteiger partial charge in [0.05, 0.1) is 11.4 Å². The summed E-state index contributed by atoms with van der Waals surface area (Å²) >= 11 is 0. The molecule has 4 aromatic carbocycles. The number of aliphatic imine (C=N–C) groups is 2. The summed E-state index contributed by atoms with van der Waals surface area (Å²) in [5.74, 6) is 1.45. The van der Waals surface area contributed by atoms with Gasteiger partial charge in [0.15, 0.2) is 0 Å². The molecule has 224 valence electrons. The van der Waals surface area contributed by atoms with Crippen LogP contribution in [-0.4, -0.2) is 22.6 Å². The first-order valence-electron chi connectivity index (χ1n) is 15.3. The lowest BCUT2D eigenvalue weighted by Gasteiger charge is -2.22. The van der Waals surface area contributed by atoms with Crippen molar-refractivity contribution in [3.05, 3.63) is 117 Å². The van der Waals surface area contributed by atoms with E-state index >= 15 is 0 Å². The van der Waals surface area contributed by atoms with Crippen molar-refractivity contribution in [3.63, 3.8) is 0 Å². The maximum atomic E-state index is 10.3. The van der Waals surface area contributed by atoms with Crippen LogP contribution in [0.5, 0.6) is 11.5 Å². The molecule has 0 aromatic heterocycles. The van der Waals surface area contributed by atoms with E-state index in [0.717, 1.165) is 17.8 Å². The van der Waals surface area contributed by atoms with Gasteiger partial charge in [-0.25, -0.2) is 0 Å². The standard InChI is InChI=1S/C39H44N2O2/c1-24(2)32-18-28(19-33(25(3)4)38(32)40-22-30-13-9-11-15-36(30)42)17-29-20-34(26(5)6)39(35(21-29)27(7)8)41-23-31-14-10-12-16-37(31)43/h9-12,15-16,18-27,42-43H,17H2,1-8H3/q-2/p+2. The highest BCUT2D eigenvalue weighted by atomic mass is 16.3. The smallest absolute Gasteiger partial charge is 0.552 e. The molecule has 4 heteroatoms. The number of phenolic OH excluding ortho intramolecular Hbond substituents is 2. The Morgan fingerprint density at radius 2 is 0.930 bits per heavy atom. The zero-order valence-corrected chi connectivity index (χ0v) is 26.7. The summed E-state index contributed by atoms with van der Waals surface area (Å²) in [6.45, 7) is 17.6. The maximum Gasteiger partial charge on any atom is 1.00 e. The molecule has 43 heavy (non-hydrogen) atoms. The van der Waals surface area contributed by atoms with E-state index in [-0.39, 0.29) is 38.0 Å². The summed E-state index contributed by atoms with van der Waals surface area (Å²) < 4.78 is 0. The van der Waals surface area contributed by atoms with E-state index in [0.29, 0.717) is 11.1 Å². The molecule has 0 saturated heterocycles. The van der Waals surface area contributed by atoms with Gasteiger partial charge in [0.1, 0.15) is 0 Å². The monoisotopic (exact) mass is 574 g/mol. The molecule has 0 heterocycles. The fourth-order valence-corrected chi connectivity index (χ4v) is 5.33. The molecule has 0 fully saturated rings. The highest BCUT2D eigenvalue weighted by Crippen LogP contribution is 2.39. The average molecular weight is 575 g/mol. The summed E-state index contributed by atoms with van der Waals surface area (Å²) in [5, 5.41) is 20.5. The van der Waals surface area contributed by atoms with Gasteiger partial charge < -0.3 is 20.2 Å². The molecule has 0 aliphatic rings. The number of aromatic hydroxyl groups is 2. The number of hydrogen-bond donors (Lipinski definition) is 2. The van der Waals surface area contributed by atoms with Crippen LogP contribution in [0.25, 0.3) is 0 Å². The first-order chi connectivity index (χ1) is 20.5. The second-order valence-electron chi connectivity index (χ2n) is 12.5. The lowest BCUT2D eigenvalue weighted by Crippen LogP contribution is -2.03. The molecule has 0 aliphatic carbocycles. The zero-order valence-electron chi connectivity index (χ0n) is 28.7. The molecular formula is C39H46N2O2. The van der Waals surface area contributed by atoms with E-state index in [2.05, 4.69) is 91.8 Å². The van der Waals surface area contributed by atoms with Crippen molar-refractivity contribution in [1.29, 1.82) is 0 Å². The van der Waals surface area contributed by atoms with Crippen molar-refractivity contribution >= 4 is 23.8 Å². The third kappa shape index (κ3) is 7.62. The van der Waals surface area contributed by atoms with Crippen molar-refractivity contribution in [3.8, 4) is 11.5 Å². The number of hydrogen-bond acceptors (Lipinski definition) is 4. The first-order valence-corrected chi connectivity index (χ1v) is 15.3. The van der Waals surface area contributed by atoms with E-state index in [9.17, 15) is 10.2 Å². The van der Waals surface area contributed by atoms with Crippen LogP contribution in [-0.2, 0) is 6.42 Å². The van der Waals surface area contributed by atoms with E-state index < -0.39 is 0 Å². The SMILES string of the molecule is CC(C)c1cc(Cc2cc(C(C)C)c(N=Cc3[c-]cccc3O)c(C(C)C)c2)cc(C(C)C)c1N=Cc1[c-]cccc1O.[H+].[H+]. The first kappa shape index (κ1) is 31.7. The van der Waals surface area contributed by atoms with Crippen LogP contribution in [0.15, 0.2) is 70.6 Å². The number of benzene rings is 4. The molecule has 4 rings (SSSR count). The summed E-state index contributed by atoms with van der Waals surface area (Å²) in [7, 11) is 0. The highest BCUT2D eigenvalue weighted by Gasteiger charge is 2.18. The Kier molecular flexibility index (Phi) is 10.2. The lowest BCUT2D eigenvalue weighted by molar-refractivity contribution is 0.474. The third-order valence-corrected chi connectivity index (χ3v) is 7.73. The summed E-state index contributed by atoms with van der Waals surface area (Å²) in [5.41, 5.74) is 10.4. The second kappa shape index (κ2) is 13.9. The van der Waals surface area contributed by atoms with Gasteiger partial charge in [-0.1, -0.05) is 90.8 Å². The Labute approximate surface area is 260 Å². The molecule has 0 radical (unpaired) electrons. The fraction of sp³-hybridized carbons (Fsp3) is 0.333. The summed E-state index contributed by atoms with van der Waals surface area (Å²) in [6.07, 6.45) is 4.24. The molecule has 0 spiro atoms. The molecule has 4 nitrogen and oxygen atoms in total. The average Bonchev–Trinajstić information content (AvgIpc) is 2.96. The lowest BCUT2D eigenvalue weighted by atomic mass is 9.86. The van der Waals surface area contributed by atoms with Crippen molar-refractivity contribution in [2.45, 2.75) is 85.5 Å². The molecule has 0 aliphatic heterocycles. The quantitative estimate of drug-likeness (QED) is 0.146. The molecule has 0 unspecified atom stereocenters. The number of nitrogens with zero attached hydrogens (tertiary/aromatic N) is 2. The maximum absolute atomic E-state index is 10.3. The van der Waals surface area contributed by atoms with Crippen molar-refractivity contribution < 1.29 is 13.1 Å². The van der Waals surface area contributed by atoms with Gasteiger partial charge in [0.2, 0.25) is 0 Å². The Hall–Kier alpha value is -4.18. The van der Waals surface area contributed by atoms with E-state index in [4.69, 9.17) is 9.98 Å². The normalized spacial score (nSPS) is 12.2. The number of phenols is 2. The second-order valence-corrected chi connectivity index (χ2v) is 12.5. The minimum atomic E-state index is 0. The predicted molar refractivity (Wildman–Crippen MR) is 183 cm³/mol. The van der Waals surface area contributed by atoms with Crippen LogP contribution in [0.4, 0.5) is 11.4 Å². The van der Waals surface area contributed by atoms with E-state index in [1.165, 1.54) is 33.4 Å². The van der Waals surface area contributed by atoms with Gasteiger partial charge in [-0.15, -0.1) is 48.5 Å².